The fourth-order valence-electron chi connectivity index (χ4n) is 5.63. The Hall–Kier alpha value is -2.43. The molecule has 3 aliphatic rings. The Morgan fingerprint density at radius 3 is 2.41 bits per heavy atom. The molecule has 2 aliphatic heterocycles. The molecule has 1 saturated heterocycles. The molecular formula is C24H27FN2O2. The van der Waals surface area contributed by atoms with Crippen molar-refractivity contribution in [2.24, 2.45) is 5.92 Å². The lowest BCUT2D eigenvalue weighted by atomic mass is 9.81. The molecule has 0 N–H and O–H groups in total. The molecule has 0 spiro atoms. The van der Waals surface area contributed by atoms with E-state index < -0.39 is 0 Å². The van der Waals surface area contributed by atoms with Crippen molar-refractivity contribution in [1.29, 1.82) is 0 Å². The zero-order chi connectivity index (χ0) is 20.0. The summed E-state index contributed by atoms with van der Waals surface area (Å²) in [5.41, 5.74) is 2.79. The summed E-state index contributed by atoms with van der Waals surface area (Å²) in [6.07, 6.45) is 7.00. The van der Waals surface area contributed by atoms with Gasteiger partial charge in [0.25, 0.3) is 11.5 Å². The maximum atomic E-state index is 13.3. The summed E-state index contributed by atoms with van der Waals surface area (Å²) in [4.78, 5) is 28.1. The second-order valence-corrected chi connectivity index (χ2v) is 8.98. The molecule has 29 heavy (non-hydrogen) atoms. The van der Waals surface area contributed by atoms with E-state index in [-0.39, 0.29) is 23.2 Å². The summed E-state index contributed by atoms with van der Waals surface area (Å²) < 4.78 is 15.2. The number of amides is 1. The van der Waals surface area contributed by atoms with Gasteiger partial charge in [-0.1, -0.05) is 25.3 Å². The molecule has 152 valence electrons. The van der Waals surface area contributed by atoms with Crippen molar-refractivity contribution < 1.29 is 9.18 Å². The fraction of sp³-hybridized carbons (Fsp3) is 0.500. The molecule has 2 fully saturated rings. The Morgan fingerprint density at radius 1 is 0.897 bits per heavy atom. The lowest BCUT2D eigenvalue weighted by Gasteiger charge is -2.43. The van der Waals surface area contributed by atoms with Gasteiger partial charge >= 0.3 is 0 Å². The number of rotatable bonds is 2. The third-order valence-corrected chi connectivity index (χ3v) is 7.06. The highest BCUT2D eigenvalue weighted by molar-refractivity contribution is 5.94. The third kappa shape index (κ3) is 3.41. The molecule has 5 heteroatoms. The molecule has 3 heterocycles. The smallest absolute Gasteiger partial charge is 0.254 e. The van der Waals surface area contributed by atoms with Crippen molar-refractivity contribution in [3.8, 4) is 0 Å². The highest BCUT2D eigenvalue weighted by atomic mass is 19.1. The van der Waals surface area contributed by atoms with Gasteiger partial charge in [0.1, 0.15) is 5.82 Å². The number of carbonyl (C=O) groups excluding carboxylic acids is 1. The Kier molecular flexibility index (Phi) is 4.76. The Balaban J connectivity index is 1.41. The SMILES string of the molecule is O=C(c1ccc(F)cc1)N1C[C@@H]2C[C@H](C1)c1ccc(C3CCCCC3)c(=O)n1C2. The maximum Gasteiger partial charge on any atom is 0.254 e. The Bertz CT molecular complexity index is 975. The maximum absolute atomic E-state index is 13.3. The van der Waals surface area contributed by atoms with Gasteiger partial charge in [-0.25, -0.2) is 4.39 Å². The van der Waals surface area contributed by atoms with Gasteiger partial charge in [-0.15, -0.1) is 0 Å². The number of piperidine rings is 1. The van der Waals surface area contributed by atoms with Gasteiger partial charge in [-0.05, 0) is 61.4 Å². The summed E-state index contributed by atoms with van der Waals surface area (Å²) in [6.45, 7) is 1.97. The topological polar surface area (TPSA) is 42.3 Å². The number of hydrogen-bond donors (Lipinski definition) is 0. The molecule has 1 saturated carbocycles. The highest BCUT2D eigenvalue weighted by Gasteiger charge is 2.37. The first-order valence-corrected chi connectivity index (χ1v) is 10.9. The number of pyridine rings is 1. The van der Waals surface area contributed by atoms with Crippen LogP contribution in [0.3, 0.4) is 0 Å². The van der Waals surface area contributed by atoms with Crippen LogP contribution in [0, 0.1) is 11.7 Å². The molecule has 2 bridgehead atoms. The largest absolute Gasteiger partial charge is 0.338 e. The van der Waals surface area contributed by atoms with Gasteiger partial charge in [0.15, 0.2) is 0 Å². The van der Waals surface area contributed by atoms with Crippen LogP contribution in [0.1, 0.15) is 72.0 Å². The minimum absolute atomic E-state index is 0.0469. The normalized spacial score (nSPS) is 24.2. The van der Waals surface area contributed by atoms with E-state index in [1.54, 1.807) is 12.1 Å². The van der Waals surface area contributed by atoms with Crippen LogP contribution in [-0.2, 0) is 6.54 Å². The van der Waals surface area contributed by atoms with Crippen molar-refractivity contribution in [2.45, 2.75) is 56.9 Å². The van der Waals surface area contributed by atoms with Crippen molar-refractivity contribution in [2.75, 3.05) is 13.1 Å². The molecule has 0 radical (unpaired) electrons. The van der Waals surface area contributed by atoms with Crippen LogP contribution in [0.25, 0.3) is 0 Å². The Labute approximate surface area is 170 Å². The summed E-state index contributed by atoms with van der Waals surface area (Å²) in [5.74, 6) is 0.519. The molecule has 0 unspecified atom stereocenters. The van der Waals surface area contributed by atoms with E-state index >= 15 is 0 Å². The zero-order valence-electron chi connectivity index (χ0n) is 16.6. The van der Waals surface area contributed by atoms with Crippen molar-refractivity contribution in [3.63, 3.8) is 0 Å². The number of aromatic nitrogens is 1. The van der Waals surface area contributed by atoms with E-state index in [9.17, 15) is 14.0 Å². The van der Waals surface area contributed by atoms with Gasteiger partial charge in [-0.2, -0.15) is 0 Å². The van der Waals surface area contributed by atoms with E-state index in [0.717, 1.165) is 30.5 Å². The number of halogens is 1. The van der Waals surface area contributed by atoms with E-state index in [2.05, 4.69) is 12.1 Å². The minimum atomic E-state index is -0.334. The van der Waals surface area contributed by atoms with Crippen LogP contribution >= 0.6 is 0 Å². The van der Waals surface area contributed by atoms with E-state index in [1.165, 1.54) is 31.4 Å². The molecule has 4 nitrogen and oxygen atoms in total. The van der Waals surface area contributed by atoms with Gasteiger partial charge < -0.3 is 9.47 Å². The van der Waals surface area contributed by atoms with E-state index in [0.29, 0.717) is 37.0 Å². The molecular weight excluding hydrogens is 367 g/mol. The standard InChI is InChI=1S/C24H27FN2O2/c25-20-8-6-18(7-9-20)23(28)26-13-16-12-19(15-26)22-11-10-21(24(29)27(22)14-16)17-4-2-1-3-5-17/h6-11,16-17,19H,1-5,12-15H2/t16-,19+/m0/s1. The average Bonchev–Trinajstić information content (AvgIpc) is 2.75. The second-order valence-electron chi connectivity index (χ2n) is 8.98. The number of benzene rings is 1. The average molecular weight is 394 g/mol. The molecule has 5 rings (SSSR count). The van der Waals surface area contributed by atoms with Crippen LogP contribution in [0.4, 0.5) is 4.39 Å². The first-order chi connectivity index (χ1) is 14.1. The molecule has 1 aromatic heterocycles. The molecule has 2 atom stereocenters. The van der Waals surface area contributed by atoms with E-state index in [1.807, 2.05) is 9.47 Å². The lowest BCUT2D eigenvalue weighted by Crippen LogP contribution is -2.49. The summed E-state index contributed by atoms with van der Waals surface area (Å²) >= 11 is 0. The second kappa shape index (κ2) is 7.43. The summed E-state index contributed by atoms with van der Waals surface area (Å²) in [7, 11) is 0. The van der Waals surface area contributed by atoms with Gasteiger partial charge in [-0.3, -0.25) is 9.59 Å². The van der Waals surface area contributed by atoms with Crippen LogP contribution in [0.2, 0.25) is 0 Å². The third-order valence-electron chi connectivity index (χ3n) is 7.06. The zero-order valence-corrected chi connectivity index (χ0v) is 16.6. The number of likely N-dealkylation sites (tertiary alicyclic amines) is 1. The van der Waals surface area contributed by atoms with Crippen LogP contribution < -0.4 is 5.56 Å². The first-order valence-electron chi connectivity index (χ1n) is 10.9. The van der Waals surface area contributed by atoms with Crippen LogP contribution in [-0.4, -0.2) is 28.5 Å². The summed E-state index contributed by atoms with van der Waals surface area (Å²) in [5, 5.41) is 0. The van der Waals surface area contributed by atoms with Crippen molar-refractivity contribution in [1.82, 2.24) is 9.47 Å². The predicted molar refractivity (Wildman–Crippen MR) is 110 cm³/mol. The monoisotopic (exact) mass is 394 g/mol. The number of nitrogens with zero attached hydrogens (tertiary/aromatic N) is 2. The highest BCUT2D eigenvalue weighted by Crippen LogP contribution is 2.37. The molecule has 1 aromatic carbocycles. The lowest BCUT2D eigenvalue weighted by molar-refractivity contribution is 0.0594. The first kappa shape index (κ1) is 18.6. The van der Waals surface area contributed by atoms with E-state index in [4.69, 9.17) is 0 Å². The van der Waals surface area contributed by atoms with Crippen LogP contribution in [0.5, 0.6) is 0 Å². The van der Waals surface area contributed by atoms with Crippen molar-refractivity contribution >= 4 is 5.91 Å². The van der Waals surface area contributed by atoms with Gasteiger partial charge in [0.05, 0.1) is 0 Å². The summed E-state index contributed by atoms with van der Waals surface area (Å²) in [6, 6.07) is 9.97. The molecule has 1 aliphatic carbocycles. The fourth-order valence-corrected chi connectivity index (χ4v) is 5.63. The molecule has 1 amide bonds. The Morgan fingerprint density at radius 2 is 1.66 bits per heavy atom. The predicted octanol–water partition coefficient (Wildman–Crippen LogP) is 4.29. The van der Waals surface area contributed by atoms with Crippen LogP contribution in [0.15, 0.2) is 41.2 Å². The molecule has 2 aromatic rings. The van der Waals surface area contributed by atoms with Crippen molar-refractivity contribution in [3.05, 3.63) is 69.4 Å². The minimum Gasteiger partial charge on any atom is -0.338 e. The van der Waals surface area contributed by atoms with Gasteiger partial charge in [0, 0.05) is 42.4 Å². The van der Waals surface area contributed by atoms with Gasteiger partial charge in [0.2, 0.25) is 0 Å². The number of fused-ring (bicyclic) bond motifs is 4. The number of carbonyl (C=O) groups is 1. The number of hydrogen-bond acceptors (Lipinski definition) is 2. The quantitative estimate of drug-likeness (QED) is 0.762.